The lowest BCUT2D eigenvalue weighted by atomic mass is 10.1. The molecule has 0 radical (unpaired) electrons. The molecule has 2 N–H and O–H groups in total. The molecule has 0 spiro atoms. The van der Waals surface area contributed by atoms with Crippen LogP contribution in [-0.4, -0.2) is 31.1 Å². The molecule has 0 saturated carbocycles. The Kier molecular flexibility index (Phi) is 3.09. The Morgan fingerprint density at radius 1 is 1.55 bits per heavy atom. The van der Waals surface area contributed by atoms with Crippen molar-refractivity contribution in [1.82, 2.24) is 4.90 Å². The number of nitrogens with two attached hydrogens (primary N) is 1. The van der Waals surface area contributed by atoms with Crippen LogP contribution in [0.15, 0.2) is 12.2 Å². The van der Waals surface area contributed by atoms with Crippen LogP contribution < -0.4 is 5.73 Å². The highest BCUT2D eigenvalue weighted by Crippen LogP contribution is 2.16. The first kappa shape index (κ1) is 8.75. The lowest BCUT2D eigenvalue weighted by molar-refractivity contribution is 0.310. The van der Waals surface area contributed by atoms with Crippen molar-refractivity contribution in [2.45, 2.75) is 19.4 Å². The number of hydrogen-bond donors (Lipinski definition) is 1. The number of nitrogens with zero attached hydrogens (tertiary/aromatic N) is 1. The predicted molar refractivity (Wildman–Crippen MR) is 48.4 cm³/mol. The lowest BCUT2D eigenvalue weighted by Gasteiger charge is -2.18. The smallest absolute Gasteiger partial charge is 0.0229 e. The normalized spacial score (nSPS) is 30.2. The largest absolute Gasteiger partial charge is 0.324 e. The van der Waals surface area contributed by atoms with Gasteiger partial charge in [0.2, 0.25) is 0 Å². The summed E-state index contributed by atoms with van der Waals surface area (Å²) in [5.41, 5.74) is 5.74. The van der Waals surface area contributed by atoms with Gasteiger partial charge in [-0.2, -0.15) is 0 Å². The van der Waals surface area contributed by atoms with E-state index in [2.05, 4.69) is 31.0 Å². The molecule has 2 heteroatoms. The minimum Gasteiger partial charge on any atom is -0.324 e. The van der Waals surface area contributed by atoms with E-state index in [4.69, 9.17) is 5.73 Å². The van der Waals surface area contributed by atoms with Crippen LogP contribution in [0.4, 0.5) is 0 Å². The van der Waals surface area contributed by atoms with Gasteiger partial charge in [-0.3, -0.25) is 0 Å². The third-order valence-corrected chi connectivity index (χ3v) is 2.29. The minimum absolute atomic E-state index is 0.310. The van der Waals surface area contributed by atoms with E-state index in [-0.39, 0.29) is 0 Å². The molecule has 0 aliphatic heterocycles. The Morgan fingerprint density at radius 3 is 2.73 bits per heavy atom. The summed E-state index contributed by atoms with van der Waals surface area (Å²) in [5, 5.41) is 0. The molecule has 0 saturated heterocycles. The second kappa shape index (κ2) is 3.88. The van der Waals surface area contributed by atoms with Crippen molar-refractivity contribution in [1.29, 1.82) is 0 Å². The van der Waals surface area contributed by atoms with Gasteiger partial charge in [0.05, 0.1) is 0 Å². The lowest BCUT2D eigenvalue weighted by Crippen LogP contribution is -2.25. The van der Waals surface area contributed by atoms with Crippen LogP contribution in [0.2, 0.25) is 0 Å². The van der Waals surface area contributed by atoms with E-state index >= 15 is 0 Å². The fourth-order valence-corrected chi connectivity index (χ4v) is 1.47. The number of hydrogen-bond acceptors (Lipinski definition) is 2. The SMILES string of the molecule is CCN(C)CC1C=CC(N)C1. The molecule has 0 bridgehead atoms. The molecule has 11 heavy (non-hydrogen) atoms. The van der Waals surface area contributed by atoms with E-state index in [1.54, 1.807) is 0 Å². The Labute approximate surface area is 69.1 Å². The van der Waals surface area contributed by atoms with E-state index in [1.165, 1.54) is 0 Å². The Hall–Kier alpha value is -0.340. The standard InChI is InChI=1S/C9H18N2/c1-3-11(2)7-8-4-5-9(10)6-8/h4-5,8-9H,3,6-7,10H2,1-2H3. The van der Waals surface area contributed by atoms with Crippen LogP contribution in [0.25, 0.3) is 0 Å². The first-order valence-electron chi connectivity index (χ1n) is 4.34. The maximum absolute atomic E-state index is 5.74. The molecule has 64 valence electrons. The number of rotatable bonds is 3. The molecular formula is C9H18N2. The zero-order valence-electron chi connectivity index (χ0n) is 7.46. The highest BCUT2D eigenvalue weighted by atomic mass is 15.1. The molecule has 0 fully saturated rings. The summed E-state index contributed by atoms with van der Waals surface area (Å²) in [4.78, 5) is 2.33. The molecule has 0 heterocycles. The summed E-state index contributed by atoms with van der Waals surface area (Å²) < 4.78 is 0. The van der Waals surface area contributed by atoms with E-state index in [0.717, 1.165) is 19.5 Å². The van der Waals surface area contributed by atoms with Crippen LogP contribution in [-0.2, 0) is 0 Å². The summed E-state index contributed by atoms with van der Waals surface area (Å²) in [6.07, 6.45) is 5.50. The van der Waals surface area contributed by atoms with Crippen molar-refractivity contribution in [3.63, 3.8) is 0 Å². The fourth-order valence-electron chi connectivity index (χ4n) is 1.47. The Bertz CT molecular complexity index is 142. The zero-order valence-corrected chi connectivity index (χ0v) is 7.46. The molecule has 2 atom stereocenters. The van der Waals surface area contributed by atoms with E-state index in [1.807, 2.05) is 0 Å². The molecule has 1 aliphatic carbocycles. The van der Waals surface area contributed by atoms with Gasteiger partial charge in [0.25, 0.3) is 0 Å². The quantitative estimate of drug-likeness (QED) is 0.610. The van der Waals surface area contributed by atoms with Gasteiger partial charge in [-0.15, -0.1) is 0 Å². The monoisotopic (exact) mass is 154 g/mol. The van der Waals surface area contributed by atoms with Crippen LogP contribution in [0.3, 0.4) is 0 Å². The molecule has 2 unspecified atom stereocenters. The molecule has 0 aromatic rings. The third kappa shape index (κ3) is 2.64. The molecule has 1 aliphatic rings. The maximum Gasteiger partial charge on any atom is 0.0229 e. The van der Waals surface area contributed by atoms with Gasteiger partial charge in [-0.25, -0.2) is 0 Å². The van der Waals surface area contributed by atoms with Crippen LogP contribution in [0.1, 0.15) is 13.3 Å². The van der Waals surface area contributed by atoms with Gasteiger partial charge >= 0.3 is 0 Å². The fraction of sp³-hybridized carbons (Fsp3) is 0.778. The summed E-state index contributed by atoms with van der Waals surface area (Å²) in [6, 6.07) is 0.310. The van der Waals surface area contributed by atoms with Gasteiger partial charge < -0.3 is 10.6 Å². The molecule has 0 amide bonds. The van der Waals surface area contributed by atoms with Gasteiger partial charge in [-0.1, -0.05) is 19.1 Å². The van der Waals surface area contributed by atoms with E-state index in [0.29, 0.717) is 12.0 Å². The van der Waals surface area contributed by atoms with Crippen LogP contribution >= 0.6 is 0 Å². The first-order chi connectivity index (χ1) is 5.22. The van der Waals surface area contributed by atoms with Crippen molar-refractivity contribution in [2.75, 3.05) is 20.1 Å². The first-order valence-corrected chi connectivity index (χ1v) is 4.34. The van der Waals surface area contributed by atoms with Gasteiger partial charge in [0.1, 0.15) is 0 Å². The average molecular weight is 154 g/mol. The van der Waals surface area contributed by atoms with E-state index < -0.39 is 0 Å². The predicted octanol–water partition coefficient (Wildman–Crippen LogP) is 0.842. The summed E-state index contributed by atoms with van der Waals surface area (Å²) in [5.74, 6) is 0.690. The molecular weight excluding hydrogens is 136 g/mol. The van der Waals surface area contributed by atoms with Crippen LogP contribution in [0, 0.1) is 5.92 Å². The third-order valence-electron chi connectivity index (χ3n) is 2.29. The van der Waals surface area contributed by atoms with Gasteiger partial charge in [0, 0.05) is 12.6 Å². The van der Waals surface area contributed by atoms with Crippen molar-refractivity contribution in [2.24, 2.45) is 11.7 Å². The van der Waals surface area contributed by atoms with Gasteiger partial charge in [0.15, 0.2) is 0 Å². The average Bonchev–Trinajstić information content (AvgIpc) is 2.35. The highest BCUT2D eigenvalue weighted by Gasteiger charge is 2.15. The zero-order chi connectivity index (χ0) is 8.27. The molecule has 2 nitrogen and oxygen atoms in total. The maximum atomic E-state index is 5.74. The Morgan fingerprint density at radius 2 is 2.27 bits per heavy atom. The molecule has 1 rings (SSSR count). The van der Waals surface area contributed by atoms with Crippen molar-refractivity contribution in [3.05, 3.63) is 12.2 Å². The van der Waals surface area contributed by atoms with E-state index in [9.17, 15) is 0 Å². The second-order valence-corrected chi connectivity index (χ2v) is 3.40. The van der Waals surface area contributed by atoms with Crippen molar-refractivity contribution < 1.29 is 0 Å². The van der Waals surface area contributed by atoms with Gasteiger partial charge in [-0.05, 0) is 25.9 Å². The van der Waals surface area contributed by atoms with Crippen LogP contribution in [0.5, 0.6) is 0 Å². The summed E-state index contributed by atoms with van der Waals surface area (Å²) >= 11 is 0. The van der Waals surface area contributed by atoms with Crippen molar-refractivity contribution in [3.8, 4) is 0 Å². The Balaban J connectivity index is 2.24. The topological polar surface area (TPSA) is 29.3 Å². The molecule has 0 aromatic carbocycles. The summed E-state index contributed by atoms with van der Waals surface area (Å²) in [6.45, 7) is 4.46. The van der Waals surface area contributed by atoms with Crippen molar-refractivity contribution >= 4 is 0 Å². The molecule has 0 aromatic heterocycles. The minimum atomic E-state index is 0.310. The highest BCUT2D eigenvalue weighted by molar-refractivity contribution is 5.05. The second-order valence-electron chi connectivity index (χ2n) is 3.40. The summed E-state index contributed by atoms with van der Waals surface area (Å²) in [7, 11) is 2.15.